The minimum atomic E-state index is -2.48. The van der Waals surface area contributed by atoms with Gasteiger partial charge in [-0.25, -0.2) is 13.8 Å². The van der Waals surface area contributed by atoms with Crippen molar-refractivity contribution in [2.24, 2.45) is 0 Å². The van der Waals surface area contributed by atoms with Gasteiger partial charge in [-0.3, -0.25) is 0 Å². The van der Waals surface area contributed by atoms with Gasteiger partial charge in [0.05, 0.1) is 17.4 Å². The van der Waals surface area contributed by atoms with Crippen LogP contribution in [0.3, 0.4) is 0 Å². The van der Waals surface area contributed by atoms with Crippen molar-refractivity contribution in [1.82, 2.24) is 9.55 Å². The molecule has 0 saturated heterocycles. The van der Waals surface area contributed by atoms with E-state index in [1.54, 1.807) is 6.33 Å². The first-order valence-corrected chi connectivity index (χ1v) is 6.84. The Morgan fingerprint density at radius 1 is 1.28 bits per heavy atom. The number of rotatable bonds is 1. The molecule has 0 radical (unpaired) electrons. The van der Waals surface area contributed by atoms with E-state index in [9.17, 15) is 8.78 Å². The molecule has 0 bridgehead atoms. The maximum absolute atomic E-state index is 13.2. The maximum atomic E-state index is 13.2. The third-order valence-corrected chi connectivity index (χ3v) is 4.11. The minimum absolute atomic E-state index is 0.0225. The largest absolute Gasteiger partial charge is 0.327 e. The summed E-state index contributed by atoms with van der Waals surface area (Å²) in [6.07, 6.45) is 2.76. The molecule has 5 heteroatoms. The second-order valence-corrected chi connectivity index (χ2v) is 5.79. The van der Waals surface area contributed by atoms with Gasteiger partial charge in [-0.1, -0.05) is 15.9 Å². The van der Waals surface area contributed by atoms with Crippen LogP contribution in [-0.2, 0) is 0 Å². The number of fused-ring (bicyclic) bond motifs is 1. The normalized spacial score (nSPS) is 20.4. The zero-order chi connectivity index (χ0) is 12.8. The molecule has 1 aromatic heterocycles. The monoisotopic (exact) mass is 314 g/mol. The third kappa shape index (κ3) is 2.16. The van der Waals surface area contributed by atoms with Crippen LogP contribution in [0.5, 0.6) is 0 Å². The van der Waals surface area contributed by atoms with Gasteiger partial charge in [0.25, 0.3) is 0 Å². The fourth-order valence-corrected chi connectivity index (χ4v) is 2.94. The van der Waals surface area contributed by atoms with Crippen LogP contribution in [0.1, 0.15) is 31.7 Å². The molecule has 1 aromatic carbocycles. The summed E-state index contributed by atoms with van der Waals surface area (Å²) in [6, 6.07) is 6.01. The first kappa shape index (κ1) is 12.1. The van der Waals surface area contributed by atoms with Crippen LogP contribution < -0.4 is 0 Å². The van der Waals surface area contributed by atoms with Crippen molar-refractivity contribution in [3.63, 3.8) is 0 Å². The standard InChI is InChI=1S/C13H13BrF2N2/c14-9-1-2-11-12(7-9)18(8-17-11)10-3-5-13(15,16)6-4-10/h1-2,7-8,10H,3-6H2. The fraction of sp³-hybridized carbons (Fsp3) is 0.462. The molecule has 0 aliphatic heterocycles. The summed E-state index contributed by atoms with van der Waals surface area (Å²) in [5.41, 5.74) is 1.93. The quantitative estimate of drug-likeness (QED) is 0.755. The van der Waals surface area contributed by atoms with E-state index in [0.717, 1.165) is 15.5 Å². The number of aromatic nitrogens is 2. The molecular formula is C13H13BrF2N2. The summed E-state index contributed by atoms with van der Waals surface area (Å²) in [7, 11) is 0. The number of benzene rings is 1. The molecule has 0 N–H and O–H groups in total. The van der Waals surface area contributed by atoms with Crippen molar-refractivity contribution in [2.75, 3.05) is 0 Å². The van der Waals surface area contributed by atoms with Gasteiger partial charge >= 0.3 is 0 Å². The zero-order valence-corrected chi connectivity index (χ0v) is 11.3. The van der Waals surface area contributed by atoms with E-state index in [1.165, 1.54) is 0 Å². The Balaban J connectivity index is 1.93. The van der Waals surface area contributed by atoms with Crippen molar-refractivity contribution in [1.29, 1.82) is 0 Å². The van der Waals surface area contributed by atoms with Crippen LogP contribution >= 0.6 is 15.9 Å². The van der Waals surface area contributed by atoms with Crippen LogP contribution in [0.25, 0.3) is 11.0 Å². The number of halogens is 3. The molecule has 18 heavy (non-hydrogen) atoms. The Kier molecular flexibility index (Phi) is 2.88. The molecule has 1 heterocycles. The second-order valence-electron chi connectivity index (χ2n) is 4.87. The van der Waals surface area contributed by atoms with E-state index >= 15 is 0 Å². The molecule has 3 rings (SSSR count). The smallest absolute Gasteiger partial charge is 0.248 e. The third-order valence-electron chi connectivity index (χ3n) is 3.62. The first-order valence-electron chi connectivity index (χ1n) is 6.05. The molecule has 0 unspecified atom stereocenters. The van der Waals surface area contributed by atoms with Crippen molar-refractivity contribution in [2.45, 2.75) is 37.6 Å². The topological polar surface area (TPSA) is 17.8 Å². The van der Waals surface area contributed by atoms with Gasteiger partial charge < -0.3 is 4.57 Å². The number of imidazole rings is 1. The minimum Gasteiger partial charge on any atom is -0.327 e. The van der Waals surface area contributed by atoms with Crippen LogP contribution in [0.2, 0.25) is 0 Å². The number of hydrogen-bond acceptors (Lipinski definition) is 1. The Labute approximate surface area is 112 Å². The summed E-state index contributed by atoms with van der Waals surface area (Å²) in [6.45, 7) is 0. The van der Waals surface area contributed by atoms with Gasteiger partial charge in [-0.15, -0.1) is 0 Å². The Bertz CT molecular complexity index is 569. The van der Waals surface area contributed by atoms with E-state index in [4.69, 9.17) is 0 Å². The van der Waals surface area contributed by atoms with E-state index in [1.807, 2.05) is 22.8 Å². The molecule has 2 nitrogen and oxygen atoms in total. The highest BCUT2D eigenvalue weighted by atomic mass is 79.9. The lowest BCUT2D eigenvalue weighted by atomic mass is 9.92. The zero-order valence-electron chi connectivity index (χ0n) is 9.74. The van der Waals surface area contributed by atoms with Crippen molar-refractivity contribution < 1.29 is 8.78 Å². The first-order chi connectivity index (χ1) is 8.55. The van der Waals surface area contributed by atoms with Crippen LogP contribution in [0.4, 0.5) is 8.78 Å². The van der Waals surface area contributed by atoms with E-state index in [-0.39, 0.29) is 18.9 Å². The highest BCUT2D eigenvalue weighted by Crippen LogP contribution is 2.39. The molecule has 0 spiro atoms. The molecule has 1 aliphatic rings. The van der Waals surface area contributed by atoms with Gasteiger partial charge in [-0.05, 0) is 31.0 Å². The lowest BCUT2D eigenvalue weighted by Gasteiger charge is -2.29. The van der Waals surface area contributed by atoms with Gasteiger partial charge in [0.15, 0.2) is 0 Å². The predicted molar refractivity (Wildman–Crippen MR) is 69.9 cm³/mol. The number of nitrogens with zero attached hydrogens (tertiary/aromatic N) is 2. The summed E-state index contributed by atoms with van der Waals surface area (Å²) in [5, 5.41) is 0. The van der Waals surface area contributed by atoms with E-state index in [0.29, 0.717) is 12.8 Å². The highest BCUT2D eigenvalue weighted by molar-refractivity contribution is 9.10. The van der Waals surface area contributed by atoms with Crippen LogP contribution in [0, 0.1) is 0 Å². The SMILES string of the molecule is FC1(F)CCC(n2cnc3ccc(Br)cc32)CC1. The molecule has 96 valence electrons. The van der Waals surface area contributed by atoms with Gasteiger partial charge in [0.1, 0.15) is 0 Å². The average Bonchev–Trinajstić information content (AvgIpc) is 2.72. The maximum Gasteiger partial charge on any atom is 0.248 e. The van der Waals surface area contributed by atoms with Crippen LogP contribution in [-0.4, -0.2) is 15.5 Å². The van der Waals surface area contributed by atoms with Gasteiger partial charge in [-0.2, -0.15) is 0 Å². The molecule has 1 saturated carbocycles. The molecule has 0 amide bonds. The Hall–Kier alpha value is -0.970. The molecular weight excluding hydrogens is 302 g/mol. The molecule has 1 aliphatic carbocycles. The highest BCUT2D eigenvalue weighted by Gasteiger charge is 2.35. The lowest BCUT2D eigenvalue weighted by Crippen LogP contribution is -2.26. The summed E-state index contributed by atoms with van der Waals surface area (Å²) in [5.74, 6) is -2.48. The summed E-state index contributed by atoms with van der Waals surface area (Å²) in [4.78, 5) is 4.33. The van der Waals surface area contributed by atoms with Crippen LogP contribution in [0.15, 0.2) is 29.0 Å². The van der Waals surface area contributed by atoms with Gasteiger partial charge in [0, 0.05) is 23.4 Å². The van der Waals surface area contributed by atoms with Crippen molar-refractivity contribution in [3.8, 4) is 0 Å². The van der Waals surface area contributed by atoms with Gasteiger partial charge in [0.2, 0.25) is 5.92 Å². The average molecular weight is 315 g/mol. The molecule has 1 fully saturated rings. The lowest BCUT2D eigenvalue weighted by molar-refractivity contribution is -0.0436. The van der Waals surface area contributed by atoms with E-state index < -0.39 is 5.92 Å². The summed E-state index contributed by atoms with van der Waals surface area (Å²) >= 11 is 3.43. The Morgan fingerprint density at radius 3 is 2.72 bits per heavy atom. The van der Waals surface area contributed by atoms with E-state index in [2.05, 4.69) is 20.9 Å². The number of alkyl halides is 2. The molecule has 2 aromatic rings. The Morgan fingerprint density at radius 2 is 2.00 bits per heavy atom. The summed E-state index contributed by atoms with van der Waals surface area (Å²) < 4.78 is 29.4. The van der Waals surface area contributed by atoms with Crippen molar-refractivity contribution >= 4 is 27.0 Å². The second kappa shape index (κ2) is 4.30. The fourth-order valence-electron chi connectivity index (χ4n) is 2.59. The number of hydrogen-bond donors (Lipinski definition) is 0. The van der Waals surface area contributed by atoms with Crippen molar-refractivity contribution in [3.05, 3.63) is 29.0 Å². The predicted octanol–water partition coefficient (Wildman–Crippen LogP) is 4.55. The molecule has 0 atom stereocenters.